The van der Waals surface area contributed by atoms with Crippen LogP contribution < -0.4 is 10.6 Å². The molecule has 1 spiro atoms. The third-order valence-electron chi connectivity index (χ3n) is 5.82. The van der Waals surface area contributed by atoms with Crippen molar-refractivity contribution in [2.75, 3.05) is 10.6 Å². The molecule has 0 radical (unpaired) electrons. The second-order valence-electron chi connectivity index (χ2n) is 7.60. The summed E-state index contributed by atoms with van der Waals surface area (Å²) in [6.45, 7) is 4.10. The highest BCUT2D eigenvalue weighted by Crippen LogP contribution is 2.49. The molecule has 0 fully saturated rings. The first-order valence-corrected chi connectivity index (χ1v) is 9.38. The molecule has 2 aliphatic rings. The molecule has 3 aromatic carbocycles. The molecule has 1 amide bonds. The summed E-state index contributed by atoms with van der Waals surface area (Å²) in [5.74, 6) is 0.716. The summed E-state index contributed by atoms with van der Waals surface area (Å²) in [5, 5.41) is 6.71. The Bertz CT molecular complexity index is 1320. The molecule has 1 atom stereocenters. The van der Waals surface area contributed by atoms with E-state index in [2.05, 4.69) is 34.3 Å². The van der Waals surface area contributed by atoms with E-state index in [1.165, 1.54) is 0 Å². The summed E-state index contributed by atoms with van der Waals surface area (Å²) >= 11 is 0. The SMILES string of the molecule is Cc1cc(C)c2c(c1)[C@@]1(Nc3ccccc3-c3nc4ccccc4n31)C(=O)N2. The monoisotopic (exact) mass is 366 g/mol. The van der Waals surface area contributed by atoms with E-state index in [-0.39, 0.29) is 5.91 Å². The highest BCUT2D eigenvalue weighted by molar-refractivity contribution is 6.11. The number of aromatic nitrogens is 2. The third-order valence-corrected chi connectivity index (χ3v) is 5.82. The number of hydrogen-bond donors (Lipinski definition) is 2. The van der Waals surface area contributed by atoms with Crippen molar-refractivity contribution < 1.29 is 4.79 Å². The average molecular weight is 366 g/mol. The van der Waals surface area contributed by atoms with Crippen molar-refractivity contribution in [3.05, 3.63) is 77.4 Å². The van der Waals surface area contributed by atoms with Crippen LogP contribution in [0.15, 0.2) is 60.7 Å². The molecule has 5 heteroatoms. The summed E-state index contributed by atoms with van der Waals surface area (Å²) in [6.07, 6.45) is 0. The van der Waals surface area contributed by atoms with Crippen LogP contribution in [0.5, 0.6) is 0 Å². The number of hydrogen-bond acceptors (Lipinski definition) is 3. The number of para-hydroxylation sites is 3. The number of nitrogens with one attached hydrogen (secondary N) is 2. The van der Waals surface area contributed by atoms with Crippen LogP contribution in [0.3, 0.4) is 0 Å². The Balaban J connectivity index is 1.80. The fourth-order valence-corrected chi connectivity index (χ4v) is 4.68. The Morgan fingerprint density at radius 1 is 1.00 bits per heavy atom. The van der Waals surface area contributed by atoms with Gasteiger partial charge in [0.05, 0.1) is 16.7 Å². The van der Waals surface area contributed by atoms with Crippen molar-refractivity contribution in [2.24, 2.45) is 0 Å². The maximum Gasteiger partial charge on any atom is 0.276 e. The number of amides is 1. The largest absolute Gasteiger partial charge is 0.350 e. The number of carbonyl (C=O) groups is 1. The van der Waals surface area contributed by atoms with E-state index in [1.807, 2.05) is 55.5 Å². The van der Waals surface area contributed by atoms with Crippen LogP contribution in [-0.4, -0.2) is 15.5 Å². The Kier molecular flexibility index (Phi) is 2.77. The van der Waals surface area contributed by atoms with Crippen molar-refractivity contribution in [2.45, 2.75) is 19.5 Å². The first-order valence-electron chi connectivity index (χ1n) is 9.38. The molecule has 3 heterocycles. The van der Waals surface area contributed by atoms with E-state index < -0.39 is 5.66 Å². The van der Waals surface area contributed by atoms with E-state index in [9.17, 15) is 4.79 Å². The Labute approximate surface area is 162 Å². The number of fused-ring (bicyclic) bond motifs is 8. The van der Waals surface area contributed by atoms with Gasteiger partial charge in [-0.3, -0.25) is 9.36 Å². The first-order chi connectivity index (χ1) is 13.6. The fraction of sp³-hybridized carbons (Fsp3) is 0.130. The molecule has 2 aliphatic heterocycles. The van der Waals surface area contributed by atoms with Crippen LogP contribution in [0, 0.1) is 13.8 Å². The van der Waals surface area contributed by atoms with Gasteiger partial charge >= 0.3 is 0 Å². The van der Waals surface area contributed by atoms with E-state index in [1.54, 1.807) is 0 Å². The minimum Gasteiger partial charge on any atom is -0.350 e. The molecule has 0 aliphatic carbocycles. The molecular formula is C23H18N4O. The van der Waals surface area contributed by atoms with Crippen LogP contribution in [0.2, 0.25) is 0 Å². The maximum absolute atomic E-state index is 13.6. The van der Waals surface area contributed by atoms with Gasteiger partial charge in [0.15, 0.2) is 0 Å². The molecular weight excluding hydrogens is 348 g/mol. The zero-order valence-corrected chi connectivity index (χ0v) is 15.6. The molecule has 0 saturated carbocycles. The number of imidazole rings is 1. The molecule has 5 nitrogen and oxygen atoms in total. The normalized spacial score (nSPS) is 19.1. The molecule has 2 N–H and O–H groups in total. The summed E-state index contributed by atoms with van der Waals surface area (Å²) in [6, 6.07) is 20.2. The van der Waals surface area contributed by atoms with Gasteiger partial charge in [-0.05, 0) is 49.7 Å². The molecule has 0 unspecified atom stereocenters. The molecule has 1 aromatic heterocycles. The number of nitrogens with zero attached hydrogens (tertiary/aromatic N) is 2. The number of aryl methyl sites for hydroxylation is 2. The quantitative estimate of drug-likeness (QED) is 0.485. The fourth-order valence-electron chi connectivity index (χ4n) is 4.68. The maximum atomic E-state index is 13.6. The smallest absolute Gasteiger partial charge is 0.276 e. The molecule has 0 bridgehead atoms. The molecule has 0 saturated heterocycles. The topological polar surface area (TPSA) is 59.0 Å². The average Bonchev–Trinajstić information content (AvgIpc) is 3.20. The van der Waals surface area contributed by atoms with Crippen LogP contribution >= 0.6 is 0 Å². The van der Waals surface area contributed by atoms with Gasteiger partial charge in [-0.25, -0.2) is 4.98 Å². The van der Waals surface area contributed by atoms with Crippen LogP contribution in [0.1, 0.15) is 16.7 Å². The predicted molar refractivity (Wildman–Crippen MR) is 110 cm³/mol. The van der Waals surface area contributed by atoms with Gasteiger partial charge in [-0.15, -0.1) is 0 Å². The van der Waals surface area contributed by atoms with E-state index in [4.69, 9.17) is 4.98 Å². The summed E-state index contributed by atoms with van der Waals surface area (Å²) < 4.78 is 2.06. The van der Waals surface area contributed by atoms with Crippen molar-refractivity contribution in [3.63, 3.8) is 0 Å². The highest BCUT2D eigenvalue weighted by Gasteiger charge is 2.53. The van der Waals surface area contributed by atoms with E-state index in [0.717, 1.165) is 50.5 Å². The predicted octanol–water partition coefficient (Wildman–Crippen LogP) is 4.40. The standard InChI is InChI=1S/C23H18N4O/c1-13-11-14(2)20-16(12-13)23(22(28)25-20)26-17-8-4-3-7-15(17)21-24-18-9-5-6-10-19(18)27(21)23/h3-12,26H,1-2H3,(H,25,28)/t23-/m0/s1. The van der Waals surface area contributed by atoms with Crippen molar-refractivity contribution >= 4 is 28.3 Å². The Hall–Kier alpha value is -3.60. The Morgan fingerprint density at radius 3 is 2.68 bits per heavy atom. The zero-order chi connectivity index (χ0) is 19.0. The molecule has 4 aromatic rings. The third kappa shape index (κ3) is 1.71. The van der Waals surface area contributed by atoms with Crippen molar-refractivity contribution in [3.8, 4) is 11.4 Å². The van der Waals surface area contributed by atoms with Crippen LogP contribution in [0.4, 0.5) is 11.4 Å². The van der Waals surface area contributed by atoms with E-state index >= 15 is 0 Å². The zero-order valence-electron chi connectivity index (χ0n) is 15.6. The van der Waals surface area contributed by atoms with Gasteiger partial charge in [-0.2, -0.15) is 0 Å². The lowest BCUT2D eigenvalue weighted by atomic mass is 9.92. The van der Waals surface area contributed by atoms with Gasteiger partial charge in [0.25, 0.3) is 5.91 Å². The number of benzene rings is 3. The Morgan fingerprint density at radius 2 is 1.79 bits per heavy atom. The van der Waals surface area contributed by atoms with Crippen LogP contribution in [0.25, 0.3) is 22.4 Å². The van der Waals surface area contributed by atoms with Gasteiger partial charge in [0, 0.05) is 16.8 Å². The second kappa shape index (κ2) is 5.01. The first kappa shape index (κ1) is 15.5. The second-order valence-corrected chi connectivity index (χ2v) is 7.60. The minimum absolute atomic E-state index is 0.0879. The lowest BCUT2D eigenvalue weighted by Crippen LogP contribution is -2.50. The lowest BCUT2D eigenvalue weighted by Gasteiger charge is -2.37. The minimum atomic E-state index is -1.06. The highest BCUT2D eigenvalue weighted by atomic mass is 16.2. The van der Waals surface area contributed by atoms with Gasteiger partial charge < -0.3 is 10.6 Å². The van der Waals surface area contributed by atoms with Crippen molar-refractivity contribution in [1.29, 1.82) is 0 Å². The van der Waals surface area contributed by atoms with Gasteiger partial charge in [0.2, 0.25) is 5.66 Å². The molecule has 6 rings (SSSR count). The number of rotatable bonds is 0. The summed E-state index contributed by atoms with van der Waals surface area (Å²) in [5.41, 5.74) is 6.65. The van der Waals surface area contributed by atoms with Crippen LogP contribution in [-0.2, 0) is 10.5 Å². The van der Waals surface area contributed by atoms with E-state index in [0.29, 0.717) is 0 Å². The number of anilines is 2. The molecule has 28 heavy (non-hydrogen) atoms. The summed E-state index contributed by atoms with van der Waals surface area (Å²) in [4.78, 5) is 18.5. The van der Waals surface area contributed by atoms with Crippen molar-refractivity contribution in [1.82, 2.24) is 9.55 Å². The number of carbonyl (C=O) groups excluding carboxylic acids is 1. The molecule has 136 valence electrons. The lowest BCUT2D eigenvalue weighted by molar-refractivity contribution is -0.120. The van der Waals surface area contributed by atoms with Gasteiger partial charge in [-0.1, -0.05) is 35.9 Å². The van der Waals surface area contributed by atoms with Gasteiger partial charge in [0.1, 0.15) is 5.82 Å². The summed E-state index contributed by atoms with van der Waals surface area (Å²) in [7, 11) is 0.